The number of pyridine rings is 1. The molecule has 0 saturated carbocycles. The highest BCUT2D eigenvalue weighted by Gasteiger charge is 2.33. The summed E-state index contributed by atoms with van der Waals surface area (Å²) in [5, 5.41) is 0. The maximum atomic E-state index is 12.6. The molecule has 1 atom stereocenters. The number of hydrogen-bond donors (Lipinski definition) is 0. The van der Waals surface area contributed by atoms with Gasteiger partial charge in [-0.2, -0.15) is 0 Å². The Hall–Kier alpha value is -2.22. The Labute approximate surface area is 199 Å². The average molecular weight is 513 g/mol. The molecule has 1 unspecified atom stereocenters. The molecule has 166 valence electrons. The van der Waals surface area contributed by atoms with E-state index < -0.39 is 0 Å². The number of carbonyl (C=O) groups excluding carboxylic acids is 1. The summed E-state index contributed by atoms with van der Waals surface area (Å²) < 4.78 is 15.3. The molecule has 5 nitrogen and oxygen atoms in total. The summed E-state index contributed by atoms with van der Waals surface area (Å²) in [4.78, 5) is 18.1. The highest BCUT2D eigenvalue weighted by molar-refractivity contribution is 9.10. The first-order chi connectivity index (χ1) is 15.6. The van der Waals surface area contributed by atoms with E-state index in [1.807, 2.05) is 6.20 Å². The van der Waals surface area contributed by atoms with Gasteiger partial charge in [0.05, 0.1) is 28.9 Å². The van der Waals surface area contributed by atoms with Gasteiger partial charge in [0.1, 0.15) is 10.4 Å². The van der Waals surface area contributed by atoms with E-state index in [4.69, 9.17) is 14.5 Å². The fourth-order valence-corrected chi connectivity index (χ4v) is 6.59. The summed E-state index contributed by atoms with van der Waals surface area (Å²) in [6.07, 6.45) is 4.58. The SMILES string of the molecule is CCc1c(C(=O)OC)sc2c3ncc(Br)cc3n(C(c3ccccc3)C3CCOCC3)c12. The summed E-state index contributed by atoms with van der Waals surface area (Å²) in [6, 6.07) is 13.0. The zero-order chi connectivity index (χ0) is 22.2. The van der Waals surface area contributed by atoms with Gasteiger partial charge in [-0.15, -0.1) is 11.3 Å². The van der Waals surface area contributed by atoms with Crippen molar-refractivity contribution in [2.45, 2.75) is 32.2 Å². The van der Waals surface area contributed by atoms with Gasteiger partial charge in [0.15, 0.2) is 0 Å². The second-order valence-electron chi connectivity index (χ2n) is 8.13. The van der Waals surface area contributed by atoms with Crippen molar-refractivity contribution in [3.63, 3.8) is 0 Å². The van der Waals surface area contributed by atoms with Crippen LogP contribution in [0, 0.1) is 5.92 Å². The summed E-state index contributed by atoms with van der Waals surface area (Å²) in [5.41, 5.74) is 5.45. The third-order valence-electron chi connectivity index (χ3n) is 6.38. The Morgan fingerprint density at radius 1 is 1.31 bits per heavy atom. The number of thiophene rings is 1. The van der Waals surface area contributed by atoms with Crippen LogP contribution < -0.4 is 0 Å². The minimum absolute atomic E-state index is 0.126. The van der Waals surface area contributed by atoms with E-state index in [0.717, 1.165) is 63.8 Å². The van der Waals surface area contributed by atoms with Crippen LogP contribution in [-0.4, -0.2) is 35.8 Å². The smallest absolute Gasteiger partial charge is 0.348 e. The molecule has 32 heavy (non-hydrogen) atoms. The number of aryl methyl sites for hydroxylation is 1. The third kappa shape index (κ3) is 3.56. The van der Waals surface area contributed by atoms with Crippen molar-refractivity contribution in [1.82, 2.24) is 9.55 Å². The van der Waals surface area contributed by atoms with E-state index in [-0.39, 0.29) is 12.0 Å². The fraction of sp³-hybridized carbons (Fsp3) is 0.360. The topological polar surface area (TPSA) is 53.3 Å². The number of benzene rings is 1. The van der Waals surface area contributed by atoms with Gasteiger partial charge in [0.2, 0.25) is 0 Å². The lowest BCUT2D eigenvalue weighted by Crippen LogP contribution is -2.27. The van der Waals surface area contributed by atoms with Gasteiger partial charge in [-0.3, -0.25) is 4.98 Å². The highest BCUT2D eigenvalue weighted by atomic mass is 79.9. The van der Waals surface area contributed by atoms with E-state index in [1.165, 1.54) is 24.0 Å². The van der Waals surface area contributed by atoms with Gasteiger partial charge >= 0.3 is 5.97 Å². The molecule has 0 aliphatic carbocycles. The van der Waals surface area contributed by atoms with Crippen molar-refractivity contribution in [2.75, 3.05) is 20.3 Å². The predicted octanol–water partition coefficient (Wildman–Crippen LogP) is 6.38. The molecule has 1 aliphatic rings. The van der Waals surface area contributed by atoms with Crippen LogP contribution in [-0.2, 0) is 15.9 Å². The van der Waals surface area contributed by atoms with Gasteiger partial charge in [-0.1, -0.05) is 37.3 Å². The first-order valence-corrected chi connectivity index (χ1v) is 12.6. The molecule has 0 bridgehead atoms. The number of hydrogen-bond acceptors (Lipinski definition) is 5. The number of halogens is 1. The Kier molecular flexibility index (Phi) is 6.05. The number of fused-ring (bicyclic) bond motifs is 3. The molecule has 7 heteroatoms. The second kappa shape index (κ2) is 8.96. The van der Waals surface area contributed by atoms with Crippen LogP contribution in [0.1, 0.15) is 46.6 Å². The molecule has 1 fully saturated rings. The van der Waals surface area contributed by atoms with Crippen LogP contribution in [0.4, 0.5) is 0 Å². The lowest BCUT2D eigenvalue weighted by molar-refractivity contribution is 0.0552. The Balaban J connectivity index is 1.87. The number of methoxy groups -OCH3 is 1. The molecule has 1 aliphatic heterocycles. The molecule has 1 saturated heterocycles. The molecule has 0 spiro atoms. The summed E-state index contributed by atoms with van der Waals surface area (Å²) in [5.74, 6) is 0.150. The van der Waals surface area contributed by atoms with E-state index in [0.29, 0.717) is 10.8 Å². The van der Waals surface area contributed by atoms with Gasteiger partial charge in [-0.05, 0) is 52.7 Å². The van der Waals surface area contributed by atoms with Crippen LogP contribution in [0.15, 0.2) is 47.1 Å². The molecule has 0 radical (unpaired) electrons. The Morgan fingerprint density at radius 2 is 2.06 bits per heavy atom. The first kappa shape index (κ1) is 21.6. The first-order valence-electron chi connectivity index (χ1n) is 11.0. The van der Waals surface area contributed by atoms with E-state index in [9.17, 15) is 4.79 Å². The van der Waals surface area contributed by atoms with Crippen LogP contribution in [0.3, 0.4) is 0 Å². The van der Waals surface area contributed by atoms with Gasteiger partial charge in [0.25, 0.3) is 0 Å². The van der Waals surface area contributed by atoms with E-state index in [1.54, 1.807) is 0 Å². The fourth-order valence-electron chi connectivity index (χ4n) is 4.97. The number of carbonyl (C=O) groups is 1. The highest BCUT2D eigenvalue weighted by Crippen LogP contribution is 2.45. The maximum absolute atomic E-state index is 12.6. The van der Waals surface area contributed by atoms with Crippen LogP contribution >= 0.6 is 27.3 Å². The average Bonchev–Trinajstić information content (AvgIpc) is 3.35. The monoisotopic (exact) mass is 512 g/mol. The summed E-state index contributed by atoms with van der Waals surface area (Å²) >= 11 is 5.13. The molecular weight excluding hydrogens is 488 g/mol. The predicted molar refractivity (Wildman–Crippen MR) is 132 cm³/mol. The lowest BCUT2D eigenvalue weighted by Gasteiger charge is -2.33. The molecule has 3 aromatic heterocycles. The van der Waals surface area contributed by atoms with E-state index in [2.05, 4.69) is 63.8 Å². The van der Waals surface area contributed by atoms with Crippen molar-refractivity contribution in [1.29, 1.82) is 0 Å². The zero-order valence-electron chi connectivity index (χ0n) is 18.1. The lowest BCUT2D eigenvalue weighted by atomic mass is 9.86. The van der Waals surface area contributed by atoms with Crippen molar-refractivity contribution in [2.24, 2.45) is 5.92 Å². The molecule has 0 amide bonds. The molecule has 5 rings (SSSR count). The number of rotatable bonds is 5. The number of ether oxygens (including phenoxy) is 2. The van der Waals surface area contributed by atoms with Crippen molar-refractivity contribution in [3.05, 3.63) is 63.1 Å². The minimum Gasteiger partial charge on any atom is -0.465 e. The molecule has 0 N–H and O–H groups in total. The van der Waals surface area contributed by atoms with Crippen molar-refractivity contribution < 1.29 is 14.3 Å². The Morgan fingerprint density at radius 3 is 2.75 bits per heavy atom. The minimum atomic E-state index is -0.276. The normalized spacial score (nSPS) is 16.0. The summed E-state index contributed by atoms with van der Waals surface area (Å²) in [7, 11) is 1.45. The van der Waals surface area contributed by atoms with E-state index >= 15 is 0 Å². The number of esters is 1. The van der Waals surface area contributed by atoms with Gasteiger partial charge < -0.3 is 14.0 Å². The zero-order valence-corrected chi connectivity index (χ0v) is 20.5. The van der Waals surface area contributed by atoms with Gasteiger partial charge in [-0.25, -0.2) is 4.79 Å². The number of aromatic nitrogens is 2. The molecule has 4 aromatic rings. The van der Waals surface area contributed by atoms with Crippen molar-refractivity contribution >= 4 is 54.5 Å². The Bertz CT molecular complexity index is 1280. The van der Waals surface area contributed by atoms with Crippen LogP contribution in [0.25, 0.3) is 21.3 Å². The largest absolute Gasteiger partial charge is 0.465 e. The maximum Gasteiger partial charge on any atom is 0.348 e. The standard InChI is InChI=1S/C25H25BrN2O3S/c1-3-18-22-24(32-23(18)25(29)30-2)20-19(13-17(26)14-27-20)28(22)21(15-7-5-4-6-8-15)16-9-11-31-12-10-16/h4-8,13-14,16,21H,3,9-12H2,1-2H3. The quantitative estimate of drug-likeness (QED) is 0.291. The van der Waals surface area contributed by atoms with Crippen LogP contribution in [0.5, 0.6) is 0 Å². The third-order valence-corrected chi connectivity index (χ3v) is 8.03. The molecule has 4 heterocycles. The second-order valence-corrected chi connectivity index (χ2v) is 10.1. The van der Waals surface area contributed by atoms with Crippen molar-refractivity contribution in [3.8, 4) is 0 Å². The van der Waals surface area contributed by atoms with Crippen LogP contribution in [0.2, 0.25) is 0 Å². The summed E-state index contributed by atoms with van der Waals surface area (Å²) in [6.45, 7) is 3.65. The number of nitrogens with zero attached hydrogens (tertiary/aromatic N) is 2. The molecule has 1 aromatic carbocycles. The molecular formula is C25H25BrN2O3S. The van der Waals surface area contributed by atoms with Gasteiger partial charge in [0, 0.05) is 29.4 Å².